The Kier molecular flexibility index (Phi) is 5.62. The second kappa shape index (κ2) is 7.68. The molecule has 1 heterocycles. The highest BCUT2D eigenvalue weighted by Crippen LogP contribution is 2.30. The summed E-state index contributed by atoms with van der Waals surface area (Å²) >= 11 is 5.87. The number of carboxylic acids is 1. The zero-order valence-corrected chi connectivity index (χ0v) is 13.7. The minimum Gasteiger partial charge on any atom is -0.479 e. The average Bonchev–Trinajstić information content (AvgIpc) is 3.00. The molecule has 2 rings (SSSR count). The maximum absolute atomic E-state index is 14.2. The Morgan fingerprint density at radius 2 is 2.20 bits per heavy atom. The summed E-state index contributed by atoms with van der Waals surface area (Å²) in [6.45, 7) is 1.49. The molecule has 1 N–H and O–H groups in total. The van der Waals surface area contributed by atoms with Crippen molar-refractivity contribution in [2.24, 2.45) is 0 Å². The first-order chi connectivity index (χ1) is 11.9. The third-order valence-corrected chi connectivity index (χ3v) is 3.27. The van der Waals surface area contributed by atoms with Gasteiger partial charge in [-0.05, 0) is 13.0 Å². The number of nitrogens with zero attached hydrogens (tertiary/aromatic N) is 2. The Morgan fingerprint density at radius 1 is 1.48 bits per heavy atom. The van der Waals surface area contributed by atoms with Gasteiger partial charge in [0.1, 0.15) is 23.6 Å². The van der Waals surface area contributed by atoms with Crippen molar-refractivity contribution in [3.8, 4) is 23.8 Å². The molecule has 0 saturated heterocycles. The van der Waals surface area contributed by atoms with Crippen LogP contribution in [0.3, 0.4) is 0 Å². The molecule has 0 aliphatic carbocycles. The van der Waals surface area contributed by atoms with E-state index in [1.54, 1.807) is 6.92 Å². The number of esters is 1. The number of aromatic carboxylic acids is 1. The molecule has 1 aromatic carbocycles. The van der Waals surface area contributed by atoms with Gasteiger partial charge in [-0.1, -0.05) is 17.5 Å². The van der Waals surface area contributed by atoms with E-state index in [1.807, 2.05) is 0 Å². The van der Waals surface area contributed by atoms with Crippen molar-refractivity contribution in [2.75, 3.05) is 13.2 Å². The first-order valence-electron chi connectivity index (χ1n) is 6.94. The van der Waals surface area contributed by atoms with Crippen LogP contribution in [-0.4, -0.2) is 40.0 Å². The smallest absolute Gasteiger partial charge is 0.359 e. The first kappa shape index (κ1) is 18.3. The van der Waals surface area contributed by atoms with Gasteiger partial charge in [0.15, 0.2) is 11.5 Å². The summed E-state index contributed by atoms with van der Waals surface area (Å²) in [6.07, 6.45) is 6.09. The molecule has 0 atom stereocenters. The summed E-state index contributed by atoms with van der Waals surface area (Å²) < 4.78 is 25.1. The van der Waals surface area contributed by atoms with Crippen molar-refractivity contribution in [3.05, 3.63) is 40.4 Å². The fraction of sp³-hybridized carbons (Fsp3) is 0.188. The number of rotatable bonds is 6. The van der Waals surface area contributed by atoms with Crippen molar-refractivity contribution >= 4 is 23.5 Å². The lowest BCUT2D eigenvalue weighted by Crippen LogP contribution is -2.11. The van der Waals surface area contributed by atoms with Crippen molar-refractivity contribution in [3.63, 3.8) is 0 Å². The molecule has 7 nitrogen and oxygen atoms in total. The Hall–Kier alpha value is -3.05. The van der Waals surface area contributed by atoms with Gasteiger partial charge in [0, 0.05) is 12.3 Å². The molecule has 0 amide bonds. The Balaban J connectivity index is 2.55. The van der Waals surface area contributed by atoms with Crippen LogP contribution >= 0.6 is 11.6 Å². The Morgan fingerprint density at radius 3 is 2.80 bits per heavy atom. The molecule has 0 unspecified atom stereocenters. The summed E-state index contributed by atoms with van der Waals surface area (Å²) in [5.41, 5.74) is -1.05. The number of halogens is 2. The minimum atomic E-state index is -1.41. The van der Waals surface area contributed by atoms with E-state index in [0.717, 1.165) is 16.9 Å². The summed E-state index contributed by atoms with van der Waals surface area (Å²) in [6, 6.07) is 2.16. The van der Waals surface area contributed by atoms with Crippen LogP contribution in [0.2, 0.25) is 5.02 Å². The Bertz CT molecular complexity index is 872. The van der Waals surface area contributed by atoms with Gasteiger partial charge in [0.25, 0.3) is 0 Å². The lowest BCUT2D eigenvalue weighted by atomic mass is 10.2. The molecule has 0 radical (unpaired) electrons. The fourth-order valence-corrected chi connectivity index (χ4v) is 2.13. The molecular weight excluding hydrogens is 355 g/mol. The van der Waals surface area contributed by atoms with Crippen molar-refractivity contribution in [1.29, 1.82) is 0 Å². The molecule has 0 fully saturated rings. The number of carbonyl (C=O) groups is 2. The van der Waals surface area contributed by atoms with E-state index in [-0.39, 0.29) is 29.7 Å². The maximum atomic E-state index is 14.2. The SMILES string of the molecule is C#CCOc1cc(-n2cc(C(=O)O)c(C(=O)OCC)n2)c(F)cc1Cl. The lowest BCUT2D eigenvalue weighted by Gasteiger charge is -2.09. The van der Waals surface area contributed by atoms with E-state index in [0.29, 0.717) is 0 Å². The monoisotopic (exact) mass is 366 g/mol. The number of carbonyl (C=O) groups excluding carboxylic acids is 1. The normalized spacial score (nSPS) is 10.2. The minimum absolute atomic E-state index is 0.0206. The molecule has 130 valence electrons. The predicted molar refractivity (Wildman–Crippen MR) is 85.8 cm³/mol. The van der Waals surface area contributed by atoms with Crippen LogP contribution in [0.5, 0.6) is 5.75 Å². The van der Waals surface area contributed by atoms with E-state index in [1.165, 1.54) is 6.07 Å². The topological polar surface area (TPSA) is 90.7 Å². The maximum Gasteiger partial charge on any atom is 0.359 e. The van der Waals surface area contributed by atoms with Crippen LogP contribution in [0.4, 0.5) is 4.39 Å². The van der Waals surface area contributed by atoms with Crippen LogP contribution in [-0.2, 0) is 4.74 Å². The standard InChI is InChI=1S/C16H12ClFN2O5/c1-3-5-25-13-7-12(11(18)6-10(13)17)20-8-9(15(21)22)14(19-20)16(23)24-4-2/h1,6-8H,4-5H2,2H3,(H,21,22). The molecule has 1 aromatic heterocycles. The van der Waals surface area contributed by atoms with Crippen LogP contribution in [0.1, 0.15) is 27.8 Å². The summed E-state index contributed by atoms with van der Waals surface area (Å²) in [7, 11) is 0. The average molecular weight is 367 g/mol. The first-order valence-corrected chi connectivity index (χ1v) is 7.32. The summed E-state index contributed by atoms with van der Waals surface area (Å²) in [4.78, 5) is 23.1. The molecule has 0 spiro atoms. The second-order valence-electron chi connectivity index (χ2n) is 4.59. The van der Waals surface area contributed by atoms with Gasteiger partial charge in [-0.2, -0.15) is 5.10 Å². The molecule has 2 aromatic rings. The van der Waals surface area contributed by atoms with Gasteiger partial charge in [0.2, 0.25) is 0 Å². The molecule has 0 bridgehead atoms. The fourth-order valence-electron chi connectivity index (χ4n) is 1.93. The number of ether oxygens (including phenoxy) is 2. The number of hydrogen-bond donors (Lipinski definition) is 1. The van der Waals surface area contributed by atoms with Crippen molar-refractivity contribution < 1.29 is 28.6 Å². The summed E-state index contributed by atoms with van der Waals surface area (Å²) in [5.74, 6) is -0.819. The van der Waals surface area contributed by atoms with Crippen molar-refractivity contribution in [2.45, 2.75) is 6.92 Å². The van der Waals surface area contributed by atoms with Gasteiger partial charge in [0.05, 0.1) is 11.6 Å². The van der Waals surface area contributed by atoms with Gasteiger partial charge in [-0.15, -0.1) is 6.42 Å². The molecule has 0 saturated carbocycles. The van der Waals surface area contributed by atoms with Crippen LogP contribution in [0.15, 0.2) is 18.3 Å². The molecule has 0 aliphatic rings. The van der Waals surface area contributed by atoms with Crippen LogP contribution < -0.4 is 4.74 Å². The quantitative estimate of drug-likeness (QED) is 0.624. The van der Waals surface area contributed by atoms with Gasteiger partial charge in [-0.25, -0.2) is 18.7 Å². The number of hydrogen-bond acceptors (Lipinski definition) is 5. The van der Waals surface area contributed by atoms with E-state index in [2.05, 4.69) is 11.0 Å². The highest BCUT2D eigenvalue weighted by Gasteiger charge is 2.24. The second-order valence-corrected chi connectivity index (χ2v) is 5.00. The number of terminal acetylenes is 1. The zero-order valence-electron chi connectivity index (χ0n) is 13.0. The molecule has 0 aliphatic heterocycles. The van der Waals surface area contributed by atoms with Crippen LogP contribution in [0, 0.1) is 18.2 Å². The molecule has 25 heavy (non-hydrogen) atoms. The van der Waals surface area contributed by atoms with Crippen LogP contribution in [0.25, 0.3) is 5.69 Å². The van der Waals surface area contributed by atoms with Gasteiger partial charge >= 0.3 is 11.9 Å². The van der Waals surface area contributed by atoms with E-state index in [9.17, 15) is 19.1 Å². The number of aromatic nitrogens is 2. The molecule has 9 heteroatoms. The lowest BCUT2D eigenvalue weighted by molar-refractivity contribution is 0.0507. The van der Waals surface area contributed by atoms with E-state index < -0.39 is 29.0 Å². The number of benzene rings is 1. The Labute approximate surface area is 146 Å². The van der Waals surface area contributed by atoms with Crippen molar-refractivity contribution in [1.82, 2.24) is 9.78 Å². The predicted octanol–water partition coefficient (Wildman–Crippen LogP) is 2.55. The highest BCUT2D eigenvalue weighted by atomic mass is 35.5. The summed E-state index contributed by atoms with van der Waals surface area (Å²) in [5, 5.41) is 13.0. The highest BCUT2D eigenvalue weighted by molar-refractivity contribution is 6.32. The van der Waals surface area contributed by atoms with Gasteiger partial charge in [-0.3, -0.25) is 0 Å². The third-order valence-electron chi connectivity index (χ3n) is 2.97. The third kappa shape index (κ3) is 3.89. The molecular formula is C16H12ClFN2O5. The van der Waals surface area contributed by atoms with Gasteiger partial charge < -0.3 is 14.6 Å². The number of carboxylic acid groups (broad SMARTS) is 1. The van der Waals surface area contributed by atoms with E-state index in [4.69, 9.17) is 27.5 Å². The largest absolute Gasteiger partial charge is 0.479 e. The zero-order chi connectivity index (χ0) is 18.6. The van der Waals surface area contributed by atoms with E-state index >= 15 is 0 Å².